The molecule has 0 saturated heterocycles. The molecule has 0 spiro atoms. The van der Waals surface area contributed by atoms with Crippen molar-refractivity contribution in [2.75, 3.05) is 13.2 Å². The molecule has 0 unspecified atom stereocenters. The van der Waals surface area contributed by atoms with Gasteiger partial charge in [0.2, 0.25) is 0 Å². The summed E-state index contributed by atoms with van der Waals surface area (Å²) in [6, 6.07) is 107. The first-order valence-electron chi connectivity index (χ1n) is 34.8. The SMILES string of the molecule is CCOCC.O.O=C([O-])[C@@]1(c2ccccc2Cl)CC1(c1ccccc1)c1ccccc1.O=C([O-])[C@@]1(c2ccccc2Cl)CC1(c1ccccc1)c1ccccc1.O=C([O-])[C@@]1(c2ccccc2Cl)CC1(c1ccccc1)c1ccccc1.O=C([O-])[C@@]1(c2ccccc2Cl)CC1(c1ccccc1)c1ccccc1.[Rh+2].[Rh+2]. The fourth-order valence-corrected chi connectivity index (χ4v) is 18.0. The fourth-order valence-electron chi connectivity index (χ4n) is 16.8. The Morgan fingerprint density at radius 1 is 0.259 bits per heavy atom. The maximum atomic E-state index is 12.4. The molecule has 0 heterocycles. The summed E-state index contributed by atoms with van der Waals surface area (Å²) in [7, 11) is 0. The second kappa shape index (κ2) is 35.0. The summed E-state index contributed by atoms with van der Waals surface area (Å²) in [6.45, 7) is 5.67. The number of aliphatic carboxylic acids is 4. The minimum atomic E-state index is -1.17. The number of ether oxygens (including phenoxy) is 1. The van der Waals surface area contributed by atoms with E-state index in [4.69, 9.17) is 51.1 Å². The smallest absolute Gasteiger partial charge is 0.549 e. The van der Waals surface area contributed by atoms with E-state index in [2.05, 4.69) is 0 Å². The number of hydrogen-bond donors (Lipinski definition) is 0. The number of carboxylic acids is 4. The average Bonchev–Trinajstić information content (AvgIpc) is 1.52. The Kier molecular flexibility index (Phi) is 26.9. The molecule has 4 aliphatic carbocycles. The van der Waals surface area contributed by atoms with Gasteiger partial charge in [-0.25, -0.2) is 0 Å². The first-order valence-corrected chi connectivity index (χ1v) is 36.3. The summed E-state index contributed by atoms with van der Waals surface area (Å²) in [6.07, 6.45) is 1.72. The number of halogens is 4. The maximum absolute atomic E-state index is 12.4. The number of hydrogen-bond acceptors (Lipinski definition) is 9. The van der Waals surface area contributed by atoms with Gasteiger partial charge in [0.25, 0.3) is 0 Å². The molecular formula is C92H76Cl4O10Rh2. The first kappa shape index (κ1) is 82.9. The van der Waals surface area contributed by atoms with E-state index in [1.807, 2.05) is 305 Å². The van der Waals surface area contributed by atoms with Crippen molar-refractivity contribution in [1.82, 2.24) is 0 Å². The van der Waals surface area contributed by atoms with Crippen LogP contribution in [0.3, 0.4) is 0 Å². The molecule has 4 atom stereocenters. The molecule has 4 fully saturated rings. The van der Waals surface area contributed by atoms with Crippen LogP contribution >= 0.6 is 46.4 Å². The van der Waals surface area contributed by atoms with Crippen LogP contribution in [-0.4, -0.2) is 42.6 Å². The second-order valence-corrected chi connectivity index (χ2v) is 28.4. The summed E-state index contributed by atoms with van der Waals surface area (Å²) < 4.78 is 4.83. The molecule has 12 aromatic carbocycles. The van der Waals surface area contributed by atoms with Gasteiger partial charge in [0, 0.05) is 55.0 Å². The van der Waals surface area contributed by atoms with Gasteiger partial charge in [-0.15, -0.1) is 0 Å². The zero-order chi connectivity index (χ0) is 74.1. The molecule has 0 amide bonds. The van der Waals surface area contributed by atoms with E-state index in [0.717, 1.165) is 57.7 Å². The minimum absolute atomic E-state index is 0. The molecule has 108 heavy (non-hydrogen) atoms. The average molecular weight is 1690 g/mol. The van der Waals surface area contributed by atoms with E-state index in [1.54, 1.807) is 48.5 Å². The Balaban J connectivity index is 0.000000161. The number of carbonyl (C=O) groups is 4. The van der Waals surface area contributed by atoms with Gasteiger partial charge < -0.3 is 49.8 Å². The molecule has 0 aliphatic heterocycles. The van der Waals surface area contributed by atoms with Gasteiger partial charge in [0.1, 0.15) is 0 Å². The van der Waals surface area contributed by atoms with Crippen molar-refractivity contribution in [3.8, 4) is 0 Å². The fraction of sp³-hybridized carbons (Fsp3) is 0.174. The third-order valence-corrected chi connectivity index (χ3v) is 23.1. The zero-order valence-electron chi connectivity index (χ0n) is 58.9. The predicted octanol–water partition coefficient (Wildman–Crippen LogP) is 15.1. The van der Waals surface area contributed by atoms with Crippen LogP contribution in [0.5, 0.6) is 0 Å². The van der Waals surface area contributed by atoms with Gasteiger partial charge >= 0.3 is 39.0 Å². The van der Waals surface area contributed by atoms with E-state index < -0.39 is 67.2 Å². The molecule has 4 saturated carbocycles. The Morgan fingerprint density at radius 3 is 0.500 bits per heavy atom. The van der Waals surface area contributed by atoms with Crippen molar-refractivity contribution >= 4 is 70.3 Å². The molecule has 10 nitrogen and oxygen atoms in total. The van der Waals surface area contributed by atoms with Crippen LogP contribution in [0.2, 0.25) is 20.1 Å². The quantitative estimate of drug-likeness (QED) is 0.0749. The first-order chi connectivity index (χ1) is 50.9. The summed E-state index contributed by atoms with van der Waals surface area (Å²) in [4.78, 5) is 49.7. The summed E-state index contributed by atoms with van der Waals surface area (Å²) in [5.74, 6) is -4.36. The van der Waals surface area contributed by atoms with Crippen LogP contribution < -0.4 is 20.4 Å². The second-order valence-electron chi connectivity index (χ2n) is 26.7. The topological polar surface area (TPSA) is 201 Å². The van der Waals surface area contributed by atoms with Gasteiger partial charge in [-0.2, -0.15) is 0 Å². The number of carbonyl (C=O) groups excluding carboxylic acids is 4. The Bertz CT molecular complexity index is 4230. The van der Waals surface area contributed by atoms with Gasteiger partial charge in [-0.1, -0.05) is 362 Å². The van der Waals surface area contributed by atoms with E-state index >= 15 is 0 Å². The van der Waals surface area contributed by atoms with Crippen molar-refractivity contribution in [3.05, 3.63) is 427 Å². The van der Waals surface area contributed by atoms with Crippen LogP contribution in [0.4, 0.5) is 0 Å². The minimum Gasteiger partial charge on any atom is -0.549 e. The molecule has 550 valence electrons. The van der Waals surface area contributed by atoms with Crippen LogP contribution in [0.15, 0.2) is 340 Å². The van der Waals surface area contributed by atoms with Crippen molar-refractivity contribution in [2.24, 2.45) is 0 Å². The third kappa shape index (κ3) is 14.4. The van der Waals surface area contributed by atoms with Gasteiger partial charge in [0.05, 0.1) is 45.5 Å². The number of benzene rings is 12. The monoisotopic (exact) mass is 1690 g/mol. The third-order valence-electron chi connectivity index (χ3n) is 21.8. The normalized spacial score (nSPS) is 19.7. The molecule has 16 heteroatoms. The zero-order valence-corrected chi connectivity index (χ0v) is 65.2. The van der Waals surface area contributed by atoms with Crippen LogP contribution in [0, 0.1) is 0 Å². The van der Waals surface area contributed by atoms with Gasteiger partial charge in [-0.3, -0.25) is 0 Å². The van der Waals surface area contributed by atoms with Gasteiger partial charge in [-0.05, 0) is 131 Å². The molecule has 0 bridgehead atoms. The number of carboxylic acid groups (broad SMARTS) is 4. The van der Waals surface area contributed by atoms with Crippen LogP contribution in [-0.2, 0) is 106 Å². The van der Waals surface area contributed by atoms with E-state index in [1.165, 1.54) is 0 Å². The summed E-state index contributed by atoms with van der Waals surface area (Å²) in [5.41, 5.74) is 2.75. The van der Waals surface area contributed by atoms with Crippen molar-refractivity contribution in [3.63, 3.8) is 0 Å². The molecule has 16 rings (SSSR count). The molecule has 2 radical (unpaired) electrons. The van der Waals surface area contributed by atoms with Crippen LogP contribution in [0.1, 0.15) is 106 Å². The Hall–Kier alpha value is -9.15. The van der Waals surface area contributed by atoms with Crippen molar-refractivity contribution in [1.29, 1.82) is 0 Å². The molecular weight excluding hydrogens is 1610 g/mol. The van der Waals surface area contributed by atoms with Crippen LogP contribution in [0.25, 0.3) is 0 Å². The van der Waals surface area contributed by atoms with E-state index in [9.17, 15) is 39.6 Å². The van der Waals surface area contributed by atoms with Crippen molar-refractivity contribution in [2.45, 2.75) is 82.9 Å². The molecule has 2 N–H and O–H groups in total. The van der Waals surface area contributed by atoms with E-state index in [-0.39, 0.29) is 44.4 Å². The Morgan fingerprint density at radius 2 is 0.389 bits per heavy atom. The summed E-state index contributed by atoms with van der Waals surface area (Å²) >= 11 is 25.6. The molecule has 0 aromatic heterocycles. The maximum Gasteiger partial charge on any atom is 2.00 e. The standard InChI is InChI=1S/4C22H17ClO2.C4H10O.H2O.2Rh/c4*23-19-14-8-7-13-18(19)22(20(24)25)15-21(22,16-9-3-1-4-10-16)17-11-5-2-6-12-17;1-3-5-4-2;;;/h4*1-14H,15H2,(H,24,25);3-4H2,1-2H3;1H2;;/q;;;;;;2*+2/p-4/t4*22-;;;;/m0000..../s1. The largest absolute Gasteiger partial charge is 2.00 e. The van der Waals surface area contributed by atoms with E-state index in [0.29, 0.717) is 68.0 Å². The Labute approximate surface area is 676 Å². The molecule has 4 aliphatic rings. The van der Waals surface area contributed by atoms with Crippen molar-refractivity contribution < 1.29 is 88.8 Å². The number of rotatable bonds is 18. The van der Waals surface area contributed by atoms with Gasteiger partial charge in [0.15, 0.2) is 0 Å². The summed E-state index contributed by atoms with van der Waals surface area (Å²) in [5, 5.41) is 51.5. The predicted molar refractivity (Wildman–Crippen MR) is 411 cm³/mol. The molecule has 12 aromatic rings.